The van der Waals surface area contributed by atoms with Crippen molar-refractivity contribution in [3.8, 4) is 0 Å². The van der Waals surface area contributed by atoms with E-state index in [2.05, 4.69) is 0 Å². The van der Waals surface area contributed by atoms with E-state index in [-0.39, 0.29) is 11.9 Å². The minimum atomic E-state index is -0.902. The molecule has 0 saturated carbocycles. The summed E-state index contributed by atoms with van der Waals surface area (Å²) >= 11 is 0. The van der Waals surface area contributed by atoms with Crippen molar-refractivity contribution in [3.05, 3.63) is 0 Å². The molecule has 1 amide bonds. The number of esters is 1. The number of nitrogens with zero attached hydrogens (tertiary/aromatic N) is 1. The van der Waals surface area contributed by atoms with Crippen LogP contribution >= 0.6 is 0 Å². The van der Waals surface area contributed by atoms with Crippen LogP contribution < -0.4 is 0 Å². The van der Waals surface area contributed by atoms with Crippen LogP contribution in [0.5, 0.6) is 0 Å². The fraction of sp³-hybridized carbons (Fsp3) is 0.818. The average Bonchev–Trinajstić information content (AvgIpc) is 2.12. The van der Waals surface area contributed by atoms with Gasteiger partial charge in [0.15, 0.2) is 0 Å². The molecule has 15 heavy (non-hydrogen) atoms. The second kappa shape index (κ2) is 5.14. The second-order valence-corrected chi connectivity index (χ2v) is 4.63. The molecule has 0 aliphatic rings. The van der Waals surface area contributed by atoms with Crippen LogP contribution in [0.4, 0.5) is 0 Å². The Morgan fingerprint density at radius 1 is 1.33 bits per heavy atom. The molecule has 0 aromatic carbocycles. The fourth-order valence-electron chi connectivity index (χ4n) is 0.950. The number of rotatable bonds is 4. The largest absolute Gasteiger partial charge is 0.464 e. The van der Waals surface area contributed by atoms with E-state index in [9.17, 15) is 9.59 Å². The van der Waals surface area contributed by atoms with Crippen molar-refractivity contribution in [1.29, 1.82) is 0 Å². The van der Waals surface area contributed by atoms with Gasteiger partial charge in [-0.3, -0.25) is 4.79 Å². The minimum Gasteiger partial charge on any atom is -0.464 e. The van der Waals surface area contributed by atoms with Crippen molar-refractivity contribution in [2.75, 3.05) is 13.7 Å². The maximum Gasteiger partial charge on any atom is 0.331 e. The molecular weight excluding hydrogens is 194 g/mol. The zero-order chi connectivity index (χ0) is 12.2. The number of carbonyl (C=O) groups excluding carboxylic acids is 2. The first-order valence-electron chi connectivity index (χ1n) is 5.11. The molecule has 0 bridgehead atoms. The lowest BCUT2D eigenvalue weighted by atomic mass is 10.0. The summed E-state index contributed by atoms with van der Waals surface area (Å²) in [6.07, 6.45) is 0. The average molecular weight is 215 g/mol. The van der Waals surface area contributed by atoms with Gasteiger partial charge in [-0.25, -0.2) is 4.79 Å². The normalized spacial score (nSPS) is 11.4. The third-order valence-corrected chi connectivity index (χ3v) is 2.36. The predicted octanol–water partition coefficient (Wildman–Crippen LogP) is 1.44. The second-order valence-electron chi connectivity index (χ2n) is 4.63. The minimum absolute atomic E-state index is 0.151. The Hall–Kier alpha value is -1.06. The number of hydrogen-bond acceptors (Lipinski definition) is 3. The summed E-state index contributed by atoms with van der Waals surface area (Å²) in [4.78, 5) is 24.2. The van der Waals surface area contributed by atoms with Crippen molar-refractivity contribution in [2.45, 2.75) is 40.2 Å². The highest BCUT2D eigenvalue weighted by Crippen LogP contribution is 2.15. The van der Waals surface area contributed by atoms with Gasteiger partial charge in [0.05, 0.1) is 6.61 Å². The van der Waals surface area contributed by atoms with E-state index in [4.69, 9.17) is 4.74 Å². The summed E-state index contributed by atoms with van der Waals surface area (Å²) in [6.45, 7) is 9.10. The Balaban J connectivity index is 4.45. The quantitative estimate of drug-likeness (QED) is 0.667. The van der Waals surface area contributed by atoms with E-state index in [1.807, 2.05) is 13.8 Å². The Bertz CT molecular complexity index is 246. The van der Waals surface area contributed by atoms with Gasteiger partial charge in [0, 0.05) is 14.0 Å². The highest BCUT2D eigenvalue weighted by atomic mass is 16.5. The highest BCUT2D eigenvalue weighted by Gasteiger charge is 2.35. The lowest BCUT2D eigenvalue weighted by Crippen LogP contribution is -2.51. The molecule has 4 heteroatoms. The van der Waals surface area contributed by atoms with Crippen LogP contribution in [0, 0.1) is 5.92 Å². The first-order valence-corrected chi connectivity index (χ1v) is 5.11. The maximum absolute atomic E-state index is 11.7. The molecule has 0 N–H and O–H groups in total. The summed E-state index contributed by atoms with van der Waals surface area (Å²) in [5.74, 6) is -0.220. The Morgan fingerprint density at radius 2 is 1.80 bits per heavy atom. The lowest BCUT2D eigenvalue weighted by molar-refractivity contribution is -0.161. The number of likely N-dealkylation sites (N-methyl/N-ethyl adjacent to an activating group) is 1. The van der Waals surface area contributed by atoms with Gasteiger partial charge >= 0.3 is 5.97 Å². The zero-order valence-electron chi connectivity index (χ0n) is 10.5. The van der Waals surface area contributed by atoms with Gasteiger partial charge in [0.2, 0.25) is 5.91 Å². The molecule has 0 spiro atoms. The smallest absolute Gasteiger partial charge is 0.331 e. The first kappa shape index (κ1) is 13.9. The molecule has 0 unspecified atom stereocenters. The van der Waals surface area contributed by atoms with E-state index < -0.39 is 5.54 Å². The Kier molecular flexibility index (Phi) is 4.78. The highest BCUT2D eigenvalue weighted by molar-refractivity contribution is 5.86. The van der Waals surface area contributed by atoms with E-state index in [1.54, 1.807) is 20.9 Å². The SMILES string of the molecule is CC(=O)N(C)C(C)(C)C(=O)OCC(C)C. The number of ether oxygens (including phenoxy) is 1. The van der Waals surface area contributed by atoms with E-state index in [1.165, 1.54) is 11.8 Å². The molecule has 0 aromatic rings. The van der Waals surface area contributed by atoms with Gasteiger partial charge < -0.3 is 9.64 Å². The molecule has 0 heterocycles. The van der Waals surface area contributed by atoms with Crippen LogP contribution in [0.3, 0.4) is 0 Å². The van der Waals surface area contributed by atoms with Gasteiger partial charge in [-0.2, -0.15) is 0 Å². The predicted molar refractivity (Wildman–Crippen MR) is 58.3 cm³/mol. The molecule has 4 nitrogen and oxygen atoms in total. The van der Waals surface area contributed by atoms with Crippen LogP contribution in [0.15, 0.2) is 0 Å². The van der Waals surface area contributed by atoms with Crippen molar-refractivity contribution in [3.63, 3.8) is 0 Å². The summed E-state index contributed by atoms with van der Waals surface area (Å²) in [5.41, 5.74) is -0.902. The van der Waals surface area contributed by atoms with Crippen LogP contribution in [0.1, 0.15) is 34.6 Å². The van der Waals surface area contributed by atoms with E-state index in [0.717, 1.165) is 0 Å². The number of carbonyl (C=O) groups is 2. The van der Waals surface area contributed by atoms with Gasteiger partial charge in [-0.15, -0.1) is 0 Å². The maximum atomic E-state index is 11.7. The van der Waals surface area contributed by atoms with Crippen LogP contribution in [-0.4, -0.2) is 36.0 Å². The van der Waals surface area contributed by atoms with E-state index in [0.29, 0.717) is 12.5 Å². The standard InChI is InChI=1S/C11H21NO3/c1-8(2)7-15-10(14)11(4,5)12(6)9(3)13/h8H,7H2,1-6H3. The molecule has 0 aliphatic heterocycles. The molecule has 0 rings (SSSR count). The zero-order valence-corrected chi connectivity index (χ0v) is 10.5. The van der Waals surface area contributed by atoms with Crippen molar-refractivity contribution in [1.82, 2.24) is 4.90 Å². The van der Waals surface area contributed by atoms with Gasteiger partial charge in [0.1, 0.15) is 5.54 Å². The topological polar surface area (TPSA) is 46.6 Å². The summed E-state index contributed by atoms with van der Waals surface area (Å²) in [6, 6.07) is 0. The molecule has 88 valence electrons. The van der Waals surface area contributed by atoms with Gasteiger partial charge in [-0.1, -0.05) is 13.8 Å². The van der Waals surface area contributed by atoms with Gasteiger partial charge in [-0.05, 0) is 19.8 Å². The summed E-state index contributed by atoms with van der Waals surface area (Å²) in [7, 11) is 1.60. The van der Waals surface area contributed by atoms with Crippen molar-refractivity contribution < 1.29 is 14.3 Å². The monoisotopic (exact) mass is 215 g/mol. The third kappa shape index (κ3) is 3.90. The molecular formula is C11H21NO3. The summed E-state index contributed by atoms with van der Waals surface area (Å²) < 4.78 is 5.11. The van der Waals surface area contributed by atoms with Crippen molar-refractivity contribution >= 4 is 11.9 Å². The Labute approximate surface area is 91.6 Å². The van der Waals surface area contributed by atoms with Crippen molar-refractivity contribution in [2.24, 2.45) is 5.92 Å². The number of hydrogen-bond donors (Lipinski definition) is 0. The molecule has 0 saturated heterocycles. The van der Waals surface area contributed by atoms with E-state index >= 15 is 0 Å². The Morgan fingerprint density at radius 3 is 2.13 bits per heavy atom. The van der Waals surface area contributed by atoms with Gasteiger partial charge in [0.25, 0.3) is 0 Å². The third-order valence-electron chi connectivity index (χ3n) is 2.36. The molecule has 0 atom stereocenters. The molecule has 0 aliphatic carbocycles. The summed E-state index contributed by atoms with van der Waals surface area (Å²) in [5, 5.41) is 0. The number of amides is 1. The van der Waals surface area contributed by atoms with Crippen LogP contribution in [-0.2, 0) is 14.3 Å². The van der Waals surface area contributed by atoms with Crippen LogP contribution in [0.2, 0.25) is 0 Å². The van der Waals surface area contributed by atoms with Crippen LogP contribution in [0.25, 0.3) is 0 Å². The lowest BCUT2D eigenvalue weighted by Gasteiger charge is -2.32. The first-order chi connectivity index (χ1) is 6.69. The fourth-order valence-corrected chi connectivity index (χ4v) is 0.950. The molecule has 0 radical (unpaired) electrons. The molecule has 0 aromatic heterocycles. The molecule has 0 fully saturated rings.